The van der Waals surface area contributed by atoms with E-state index in [4.69, 9.17) is 0 Å². The Hall–Kier alpha value is -0.0800. The van der Waals surface area contributed by atoms with E-state index in [0.717, 1.165) is 19.6 Å². The summed E-state index contributed by atoms with van der Waals surface area (Å²) in [6, 6.07) is 0. The molecule has 0 radical (unpaired) electrons. The molecule has 12 heavy (non-hydrogen) atoms. The zero-order chi connectivity index (χ0) is 8.55. The fraction of sp³-hybridized carbons (Fsp3) is 1.00. The molecular weight excluding hydrogens is 150 g/mol. The van der Waals surface area contributed by atoms with Crippen LogP contribution in [0.15, 0.2) is 0 Å². The average molecular weight is 169 g/mol. The predicted octanol–water partition coefficient (Wildman–Crippen LogP) is 1.10. The summed E-state index contributed by atoms with van der Waals surface area (Å²) >= 11 is 0. The third kappa shape index (κ3) is 1.38. The number of nitrogens with zero attached hydrogens (tertiary/aromatic N) is 1. The lowest BCUT2D eigenvalue weighted by atomic mass is 9.75. The number of hydrogen-bond acceptors (Lipinski definition) is 2. The average Bonchev–Trinajstić information content (AvgIpc) is 2.04. The Morgan fingerprint density at radius 3 is 2.33 bits per heavy atom. The van der Waals surface area contributed by atoms with Gasteiger partial charge in [0.05, 0.1) is 6.10 Å². The van der Waals surface area contributed by atoms with Crippen molar-refractivity contribution in [1.29, 1.82) is 0 Å². The maximum atomic E-state index is 9.88. The van der Waals surface area contributed by atoms with Gasteiger partial charge < -0.3 is 10.0 Å². The zero-order valence-corrected chi connectivity index (χ0v) is 7.87. The van der Waals surface area contributed by atoms with Gasteiger partial charge in [0.1, 0.15) is 0 Å². The minimum atomic E-state index is 0.0153. The van der Waals surface area contributed by atoms with Crippen LogP contribution in [0.3, 0.4) is 0 Å². The molecule has 1 aliphatic heterocycles. The first-order valence-corrected chi connectivity index (χ1v) is 5.21. The molecule has 0 spiro atoms. The van der Waals surface area contributed by atoms with Crippen LogP contribution in [0.4, 0.5) is 0 Å². The standard InChI is InChI=1S/C10H19NO/c1-2-11-6-8-4-3-5-9(7-11)10(8)12/h8-10,12H,2-7H2,1H3/t8-,9-/m0/s1. The molecule has 0 amide bonds. The van der Waals surface area contributed by atoms with Gasteiger partial charge in [0.25, 0.3) is 0 Å². The lowest BCUT2D eigenvalue weighted by molar-refractivity contribution is -0.0477. The fourth-order valence-corrected chi connectivity index (χ4v) is 2.76. The summed E-state index contributed by atoms with van der Waals surface area (Å²) in [5.74, 6) is 1.16. The van der Waals surface area contributed by atoms with Crippen molar-refractivity contribution in [3.8, 4) is 0 Å². The van der Waals surface area contributed by atoms with E-state index in [2.05, 4.69) is 11.8 Å². The van der Waals surface area contributed by atoms with Gasteiger partial charge in [-0.2, -0.15) is 0 Å². The number of fused-ring (bicyclic) bond motifs is 2. The second kappa shape index (κ2) is 3.35. The summed E-state index contributed by atoms with van der Waals surface area (Å²) in [5.41, 5.74) is 0. The molecule has 0 aromatic heterocycles. The van der Waals surface area contributed by atoms with Crippen molar-refractivity contribution >= 4 is 0 Å². The predicted molar refractivity (Wildman–Crippen MR) is 49.0 cm³/mol. The van der Waals surface area contributed by atoms with Crippen LogP contribution in [-0.2, 0) is 0 Å². The summed E-state index contributed by atoms with van der Waals surface area (Å²) in [5, 5.41) is 9.88. The molecule has 1 heterocycles. The van der Waals surface area contributed by atoms with Crippen LogP contribution in [0.1, 0.15) is 26.2 Å². The van der Waals surface area contributed by atoms with Gasteiger partial charge in [0, 0.05) is 13.1 Å². The van der Waals surface area contributed by atoms with Gasteiger partial charge >= 0.3 is 0 Å². The third-order valence-electron chi connectivity index (χ3n) is 3.55. The van der Waals surface area contributed by atoms with Crippen LogP contribution in [0.25, 0.3) is 0 Å². The first-order chi connectivity index (χ1) is 5.81. The largest absolute Gasteiger partial charge is 0.392 e. The SMILES string of the molecule is CCN1C[C@@H]2CCC[C@@H](C1)C2O. The molecule has 2 bridgehead atoms. The summed E-state index contributed by atoms with van der Waals surface area (Å²) in [4.78, 5) is 2.49. The van der Waals surface area contributed by atoms with Gasteiger partial charge in [-0.3, -0.25) is 0 Å². The highest BCUT2D eigenvalue weighted by atomic mass is 16.3. The van der Waals surface area contributed by atoms with Crippen LogP contribution in [0, 0.1) is 11.8 Å². The Morgan fingerprint density at radius 2 is 1.83 bits per heavy atom. The highest BCUT2D eigenvalue weighted by molar-refractivity contribution is 4.89. The van der Waals surface area contributed by atoms with Crippen LogP contribution < -0.4 is 0 Å². The first-order valence-electron chi connectivity index (χ1n) is 5.21. The Kier molecular flexibility index (Phi) is 2.37. The van der Waals surface area contributed by atoms with Crippen molar-refractivity contribution in [2.45, 2.75) is 32.3 Å². The molecule has 1 N–H and O–H groups in total. The molecule has 2 nitrogen and oxygen atoms in total. The summed E-state index contributed by atoms with van der Waals surface area (Å²) in [7, 11) is 0. The summed E-state index contributed by atoms with van der Waals surface area (Å²) in [6.07, 6.45) is 3.84. The summed E-state index contributed by atoms with van der Waals surface area (Å²) < 4.78 is 0. The molecule has 70 valence electrons. The van der Waals surface area contributed by atoms with E-state index >= 15 is 0 Å². The van der Waals surface area contributed by atoms with Crippen molar-refractivity contribution in [2.75, 3.05) is 19.6 Å². The molecule has 2 heteroatoms. The minimum absolute atomic E-state index is 0.0153. The third-order valence-corrected chi connectivity index (χ3v) is 3.55. The topological polar surface area (TPSA) is 23.5 Å². The lowest BCUT2D eigenvalue weighted by Gasteiger charge is -2.44. The van der Waals surface area contributed by atoms with Crippen molar-refractivity contribution in [1.82, 2.24) is 4.90 Å². The van der Waals surface area contributed by atoms with Gasteiger partial charge in [0.15, 0.2) is 0 Å². The van der Waals surface area contributed by atoms with Crippen LogP contribution >= 0.6 is 0 Å². The molecule has 0 unspecified atom stereocenters. The zero-order valence-electron chi connectivity index (χ0n) is 7.87. The van der Waals surface area contributed by atoms with Crippen LogP contribution in [0.2, 0.25) is 0 Å². The van der Waals surface area contributed by atoms with Gasteiger partial charge in [-0.25, -0.2) is 0 Å². The smallest absolute Gasteiger partial charge is 0.0620 e. The van der Waals surface area contributed by atoms with E-state index < -0.39 is 0 Å². The van der Waals surface area contributed by atoms with Crippen molar-refractivity contribution in [2.24, 2.45) is 11.8 Å². The van der Waals surface area contributed by atoms with Crippen molar-refractivity contribution in [3.63, 3.8) is 0 Å². The van der Waals surface area contributed by atoms with E-state index in [1.807, 2.05) is 0 Å². The molecule has 0 aromatic carbocycles. The lowest BCUT2D eigenvalue weighted by Crippen LogP contribution is -2.51. The molecular formula is C10H19NO. The second-order valence-corrected chi connectivity index (χ2v) is 4.29. The highest BCUT2D eigenvalue weighted by Crippen LogP contribution is 2.34. The monoisotopic (exact) mass is 169 g/mol. The van der Waals surface area contributed by atoms with Crippen LogP contribution in [0.5, 0.6) is 0 Å². The van der Waals surface area contributed by atoms with Crippen molar-refractivity contribution < 1.29 is 5.11 Å². The Labute approximate surface area is 74.6 Å². The number of aliphatic hydroxyl groups is 1. The molecule has 2 fully saturated rings. The Morgan fingerprint density at radius 1 is 1.25 bits per heavy atom. The maximum Gasteiger partial charge on any atom is 0.0620 e. The molecule has 1 aliphatic carbocycles. The van der Waals surface area contributed by atoms with Gasteiger partial charge in [-0.15, -0.1) is 0 Å². The molecule has 1 saturated heterocycles. The number of aliphatic hydroxyl groups excluding tert-OH is 1. The van der Waals surface area contributed by atoms with E-state index in [9.17, 15) is 5.11 Å². The molecule has 2 atom stereocenters. The Balaban J connectivity index is 2.02. The minimum Gasteiger partial charge on any atom is -0.392 e. The van der Waals surface area contributed by atoms with E-state index in [1.165, 1.54) is 19.3 Å². The molecule has 2 rings (SSSR count). The van der Waals surface area contributed by atoms with E-state index in [1.54, 1.807) is 0 Å². The van der Waals surface area contributed by atoms with Crippen LogP contribution in [-0.4, -0.2) is 35.7 Å². The quantitative estimate of drug-likeness (QED) is 0.635. The Bertz CT molecular complexity index is 146. The first kappa shape index (κ1) is 8.52. The normalized spacial score (nSPS) is 43.0. The van der Waals surface area contributed by atoms with Gasteiger partial charge in [-0.1, -0.05) is 13.3 Å². The number of piperidine rings is 1. The van der Waals surface area contributed by atoms with Crippen molar-refractivity contribution in [3.05, 3.63) is 0 Å². The number of rotatable bonds is 1. The number of hydrogen-bond donors (Lipinski definition) is 1. The molecule has 0 aromatic rings. The van der Waals surface area contributed by atoms with Gasteiger partial charge in [0.2, 0.25) is 0 Å². The molecule has 2 aliphatic rings. The van der Waals surface area contributed by atoms with Gasteiger partial charge in [-0.05, 0) is 31.2 Å². The van der Waals surface area contributed by atoms with E-state index in [-0.39, 0.29) is 6.10 Å². The summed E-state index contributed by atoms with van der Waals surface area (Å²) in [6.45, 7) is 5.63. The van der Waals surface area contributed by atoms with E-state index in [0.29, 0.717) is 11.8 Å². The number of likely N-dealkylation sites (tertiary alicyclic amines) is 1. The fourth-order valence-electron chi connectivity index (χ4n) is 2.76. The second-order valence-electron chi connectivity index (χ2n) is 4.29. The maximum absolute atomic E-state index is 9.88. The molecule has 1 saturated carbocycles. The highest BCUT2D eigenvalue weighted by Gasteiger charge is 2.37.